The molecule has 0 unspecified atom stereocenters. The molecule has 3 nitrogen and oxygen atoms in total. The summed E-state index contributed by atoms with van der Waals surface area (Å²) in [4.78, 5) is 1.99. The van der Waals surface area contributed by atoms with Crippen molar-refractivity contribution in [3.8, 4) is 6.07 Å². The molecule has 118 valence electrons. The van der Waals surface area contributed by atoms with Crippen LogP contribution in [-0.2, 0) is 6.54 Å². The van der Waals surface area contributed by atoms with Gasteiger partial charge in [-0.2, -0.15) is 5.26 Å². The molecular formula is C18H16F2N2O. The first-order valence-electron chi connectivity index (χ1n) is 7.43. The van der Waals surface area contributed by atoms with E-state index in [2.05, 4.69) is 0 Å². The molecule has 1 saturated heterocycles. The molecule has 0 aliphatic carbocycles. The number of nitriles is 1. The number of β-amino-alcohol motifs (C(OH)–C–C–N with tert-alkyl or cyclic N) is 1. The van der Waals surface area contributed by atoms with Crippen LogP contribution in [0.3, 0.4) is 0 Å². The molecule has 1 aliphatic heterocycles. The molecule has 2 atom stereocenters. The fourth-order valence-corrected chi connectivity index (χ4v) is 3.12. The van der Waals surface area contributed by atoms with Gasteiger partial charge in [0.2, 0.25) is 0 Å². The maximum Gasteiger partial charge on any atom is 0.124 e. The first-order chi connectivity index (χ1) is 11.1. The highest BCUT2D eigenvalue weighted by Crippen LogP contribution is 2.34. The Morgan fingerprint density at radius 1 is 1.17 bits per heavy atom. The van der Waals surface area contributed by atoms with Crippen molar-refractivity contribution in [2.75, 3.05) is 6.54 Å². The van der Waals surface area contributed by atoms with E-state index in [9.17, 15) is 13.9 Å². The van der Waals surface area contributed by atoms with E-state index in [4.69, 9.17) is 5.26 Å². The molecular weight excluding hydrogens is 298 g/mol. The lowest BCUT2D eigenvalue weighted by Gasteiger charge is -2.25. The Bertz CT molecular complexity index is 757. The number of rotatable bonds is 3. The van der Waals surface area contributed by atoms with Crippen LogP contribution >= 0.6 is 0 Å². The second kappa shape index (κ2) is 6.45. The maximum absolute atomic E-state index is 13.5. The maximum atomic E-state index is 13.5. The van der Waals surface area contributed by atoms with E-state index in [0.29, 0.717) is 25.1 Å². The summed E-state index contributed by atoms with van der Waals surface area (Å²) >= 11 is 0. The molecule has 1 heterocycles. The zero-order valence-corrected chi connectivity index (χ0v) is 12.4. The van der Waals surface area contributed by atoms with Gasteiger partial charge in [-0.3, -0.25) is 4.90 Å². The van der Waals surface area contributed by atoms with Gasteiger partial charge in [0.15, 0.2) is 0 Å². The van der Waals surface area contributed by atoms with Gasteiger partial charge < -0.3 is 5.11 Å². The summed E-state index contributed by atoms with van der Waals surface area (Å²) in [6.45, 7) is 0.838. The Morgan fingerprint density at radius 3 is 2.70 bits per heavy atom. The van der Waals surface area contributed by atoms with Crippen LogP contribution in [0.25, 0.3) is 0 Å². The summed E-state index contributed by atoms with van der Waals surface area (Å²) in [5.74, 6) is -0.767. The van der Waals surface area contributed by atoms with E-state index in [1.807, 2.05) is 17.0 Å². The largest absolute Gasteiger partial charge is 0.392 e. The van der Waals surface area contributed by atoms with Crippen molar-refractivity contribution in [2.45, 2.75) is 25.1 Å². The third-order valence-corrected chi connectivity index (χ3v) is 4.18. The molecule has 2 aromatic carbocycles. The van der Waals surface area contributed by atoms with Crippen LogP contribution in [0.5, 0.6) is 0 Å². The van der Waals surface area contributed by atoms with E-state index in [1.165, 1.54) is 24.3 Å². The predicted octanol–water partition coefficient (Wildman–Crippen LogP) is 3.14. The van der Waals surface area contributed by atoms with Crippen LogP contribution in [0.15, 0.2) is 42.5 Å². The molecule has 1 aliphatic rings. The second-order valence-corrected chi connectivity index (χ2v) is 5.80. The molecule has 3 rings (SSSR count). The smallest absolute Gasteiger partial charge is 0.124 e. The number of likely N-dealkylation sites (tertiary alicyclic amines) is 1. The fourth-order valence-electron chi connectivity index (χ4n) is 3.12. The predicted molar refractivity (Wildman–Crippen MR) is 81.3 cm³/mol. The number of aliphatic hydroxyl groups is 1. The molecule has 23 heavy (non-hydrogen) atoms. The number of halogens is 2. The summed E-state index contributed by atoms with van der Waals surface area (Å²) in [5, 5.41) is 19.1. The Hall–Kier alpha value is -2.29. The average Bonchev–Trinajstić information content (AvgIpc) is 2.89. The minimum atomic E-state index is -0.505. The van der Waals surface area contributed by atoms with E-state index < -0.39 is 11.9 Å². The molecule has 1 fully saturated rings. The Morgan fingerprint density at radius 2 is 1.96 bits per heavy atom. The van der Waals surface area contributed by atoms with Gasteiger partial charge in [-0.1, -0.05) is 18.2 Å². The van der Waals surface area contributed by atoms with Gasteiger partial charge >= 0.3 is 0 Å². The van der Waals surface area contributed by atoms with Crippen LogP contribution in [-0.4, -0.2) is 22.7 Å². The first-order valence-corrected chi connectivity index (χ1v) is 7.43. The molecule has 0 aromatic heterocycles. The van der Waals surface area contributed by atoms with E-state index in [1.54, 1.807) is 12.1 Å². The Balaban J connectivity index is 1.88. The van der Waals surface area contributed by atoms with Gasteiger partial charge in [0.25, 0.3) is 0 Å². The van der Waals surface area contributed by atoms with Crippen molar-refractivity contribution in [3.63, 3.8) is 0 Å². The Kier molecular flexibility index (Phi) is 4.37. The molecule has 5 heteroatoms. The van der Waals surface area contributed by atoms with Gasteiger partial charge in [0, 0.05) is 19.1 Å². The van der Waals surface area contributed by atoms with Gasteiger partial charge in [-0.25, -0.2) is 8.78 Å². The lowest BCUT2D eigenvalue weighted by Crippen LogP contribution is -2.24. The van der Waals surface area contributed by atoms with Gasteiger partial charge in [0.1, 0.15) is 11.6 Å². The lowest BCUT2D eigenvalue weighted by molar-refractivity contribution is 0.172. The zero-order valence-electron chi connectivity index (χ0n) is 12.4. The highest BCUT2D eigenvalue weighted by molar-refractivity contribution is 5.38. The average molecular weight is 314 g/mol. The molecule has 0 spiro atoms. The summed E-state index contributed by atoms with van der Waals surface area (Å²) in [5.41, 5.74) is 1.77. The highest BCUT2D eigenvalue weighted by atomic mass is 19.1. The summed E-state index contributed by atoms with van der Waals surface area (Å²) in [6, 6.07) is 12.3. The van der Waals surface area contributed by atoms with Gasteiger partial charge in [-0.15, -0.1) is 0 Å². The topological polar surface area (TPSA) is 47.3 Å². The number of nitrogens with zero attached hydrogens (tertiary/aromatic N) is 2. The normalized spacial score (nSPS) is 21.3. The summed E-state index contributed by atoms with van der Waals surface area (Å²) in [6.07, 6.45) is 0.00116. The number of hydrogen-bond donors (Lipinski definition) is 1. The van der Waals surface area contributed by atoms with Crippen molar-refractivity contribution in [1.82, 2.24) is 4.90 Å². The SMILES string of the molecule is N#Cc1cc(F)ccc1CN1C[C@H](O)C[C@H]1c1cccc(F)c1. The van der Waals surface area contributed by atoms with Crippen molar-refractivity contribution in [1.29, 1.82) is 5.26 Å². The molecule has 1 N–H and O–H groups in total. The zero-order chi connectivity index (χ0) is 16.4. The molecule has 0 radical (unpaired) electrons. The monoisotopic (exact) mass is 314 g/mol. The summed E-state index contributed by atoms with van der Waals surface area (Å²) in [7, 11) is 0. The molecule has 0 amide bonds. The molecule has 0 bridgehead atoms. The highest BCUT2D eigenvalue weighted by Gasteiger charge is 2.32. The fraction of sp³-hybridized carbons (Fsp3) is 0.278. The van der Waals surface area contributed by atoms with Crippen LogP contribution in [0, 0.1) is 23.0 Å². The van der Waals surface area contributed by atoms with Crippen LogP contribution in [0.2, 0.25) is 0 Å². The van der Waals surface area contributed by atoms with Gasteiger partial charge in [-0.05, 0) is 41.8 Å². The number of hydrogen-bond acceptors (Lipinski definition) is 3. The third kappa shape index (κ3) is 3.39. The molecule has 0 saturated carbocycles. The second-order valence-electron chi connectivity index (χ2n) is 5.80. The summed E-state index contributed by atoms with van der Waals surface area (Å²) < 4.78 is 26.7. The standard InChI is InChI=1S/C18H16F2N2O/c19-15-3-1-2-12(6-15)18-8-17(23)11-22(18)10-13-4-5-16(20)7-14(13)9-21/h1-7,17-18,23H,8,10-11H2/t17-,18+/m1/s1. The van der Waals surface area contributed by atoms with Crippen molar-refractivity contribution in [3.05, 3.63) is 70.8 Å². The third-order valence-electron chi connectivity index (χ3n) is 4.18. The van der Waals surface area contributed by atoms with Gasteiger partial charge in [0.05, 0.1) is 17.7 Å². The minimum Gasteiger partial charge on any atom is -0.392 e. The van der Waals surface area contributed by atoms with Crippen LogP contribution in [0.1, 0.15) is 29.2 Å². The van der Waals surface area contributed by atoms with E-state index >= 15 is 0 Å². The van der Waals surface area contributed by atoms with Crippen LogP contribution in [0.4, 0.5) is 8.78 Å². The van der Waals surface area contributed by atoms with Crippen molar-refractivity contribution >= 4 is 0 Å². The number of benzene rings is 2. The Labute approximate surface area is 133 Å². The van der Waals surface area contributed by atoms with E-state index in [0.717, 1.165) is 5.56 Å². The van der Waals surface area contributed by atoms with E-state index in [-0.39, 0.29) is 17.4 Å². The first kappa shape index (κ1) is 15.6. The van der Waals surface area contributed by atoms with Crippen LogP contribution < -0.4 is 0 Å². The minimum absolute atomic E-state index is 0.128. The van der Waals surface area contributed by atoms with Crippen molar-refractivity contribution < 1.29 is 13.9 Å². The molecule has 2 aromatic rings. The lowest BCUT2D eigenvalue weighted by atomic mass is 10.0. The number of aliphatic hydroxyl groups excluding tert-OH is 1. The van der Waals surface area contributed by atoms with Crippen molar-refractivity contribution in [2.24, 2.45) is 0 Å². The quantitative estimate of drug-likeness (QED) is 0.947.